The first kappa shape index (κ1) is 21.7. The molecule has 132 valence electrons. The molecule has 0 spiro atoms. The fraction of sp³-hybridized carbons (Fsp3) is 0.667. The average molecular weight is 348 g/mol. The van der Waals surface area contributed by atoms with Crippen molar-refractivity contribution in [3.63, 3.8) is 0 Å². The Hall–Kier alpha value is -0.320. The van der Waals surface area contributed by atoms with Gasteiger partial charge in [-0.05, 0) is 31.4 Å². The second kappa shape index (κ2) is 8.51. The van der Waals surface area contributed by atoms with Crippen molar-refractivity contribution in [2.75, 3.05) is 12.0 Å². The highest BCUT2D eigenvalue weighted by molar-refractivity contribution is 8.36. The van der Waals surface area contributed by atoms with Crippen molar-refractivity contribution in [1.29, 1.82) is 0 Å². The maximum atomic E-state index is 12.9. The van der Waals surface area contributed by atoms with Crippen LogP contribution >= 0.6 is 10.2 Å². The predicted molar refractivity (Wildman–Crippen MR) is 108 cm³/mol. The van der Waals surface area contributed by atoms with E-state index in [2.05, 4.69) is 50.2 Å². The van der Waals surface area contributed by atoms with Crippen molar-refractivity contribution >= 4 is 21.2 Å². The van der Waals surface area contributed by atoms with Crippen LogP contribution in [0, 0.1) is 0 Å². The van der Waals surface area contributed by atoms with E-state index in [1.165, 1.54) is 0 Å². The second-order valence-corrected chi connectivity index (χ2v) is 12.9. The van der Waals surface area contributed by atoms with Crippen LogP contribution in [0.2, 0.25) is 0 Å². The molecule has 0 amide bonds. The standard InChI is InChI=1S/C16H29NOS2.C2H6.H2/c1-8-20(7,15(2,3)4)17-19(18)16(5,6)14-12-10-9-11-13-14;1-2;/h9-13,17H,8H2,1-7H3;1-2H3;1H/t19-;;/m1../s1. The topological polar surface area (TPSA) is 29.1 Å². The molecule has 4 heteroatoms. The van der Waals surface area contributed by atoms with E-state index >= 15 is 0 Å². The fourth-order valence-corrected chi connectivity index (χ4v) is 6.69. The Kier molecular flexibility index (Phi) is 8.39. The molecule has 1 aromatic rings. The Morgan fingerprint density at radius 3 is 1.91 bits per heavy atom. The van der Waals surface area contributed by atoms with Gasteiger partial charge in [0, 0.05) is 6.17 Å². The number of hydrogen-bond donors (Lipinski definition) is 1. The smallest absolute Gasteiger partial charge is 0.110 e. The van der Waals surface area contributed by atoms with E-state index in [1.807, 2.05) is 45.9 Å². The van der Waals surface area contributed by atoms with E-state index in [1.54, 1.807) is 0 Å². The molecule has 0 radical (unpaired) electrons. The van der Waals surface area contributed by atoms with Gasteiger partial charge in [-0.3, -0.25) is 0 Å². The minimum absolute atomic E-state index is 0. The van der Waals surface area contributed by atoms with Gasteiger partial charge in [0.1, 0.15) is 11.0 Å². The Balaban J connectivity index is 0. The lowest BCUT2D eigenvalue weighted by Gasteiger charge is -2.48. The van der Waals surface area contributed by atoms with Gasteiger partial charge in [0.2, 0.25) is 0 Å². The van der Waals surface area contributed by atoms with E-state index in [4.69, 9.17) is 0 Å². The lowest BCUT2D eigenvalue weighted by atomic mass is 10.0. The summed E-state index contributed by atoms with van der Waals surface area (Å²) in [6.45, 7) is 17.0. The summed E-state index contributed by atoms with van der Waals surface area (Å²) >= 11 is 0. The maximum Gasteiger partial charge on any atom is 0.110 e. The number of benzene rings is 1. The second-order valence-electron chi connectivity index (χ2n) is 6.72. The lowest BCUT2D eigenvalue weighted by molar-refractivity contribution is 0.640. The monoisotopic (exact) mass is 347 g/mol. The van der Waals surface area contributed by atoms with Gasteiger partial charge in [-0.15, -0.1) is 0 Å². The normalized spacial score (nSPS) is 17.7. The van der Waals surface area contributed by atoms with Crippen molar-refractivity contribution in [1.82, 2.24) is 4.13 Å². The summed E-state index contributed by atoms with van der Waals surface area (Å²) in [5.74, 6) is 1.02. The van der Waals surface area contributed by atoms with E-state index in [0.29, 0.717) is 0 Å². The molecule has 0 heterocycles. The van der Waals surface area contributed by atoms with Crippen LogP contribution in [-0.2, 0) is 15.7 Å². The lowest BCUT2D eigenvalue weighted by Crippen LogP contribution is -2.42. The van der Waals surface area contributed by atoms with Crippen LogP contribution in [0.1, 0.15) is 62.4 Å². The third-order valence-corrected chi connectivity index (χ3v) is 11.2. The van der Waals surface area contributed by atoms with Gasteiger partial charge in [-0.25, -0.2) is 4.21 Å². The van der Waals surface area contributed by atoms with Crippen LogP contribution in [-0.4, -0.2) is 21.0 Å². The largest absolute Gasteiger partial charge is 0.241 e. The molecule has 22 heavy (non-hydrogen) atoms. The predicted octanol–water partition coefficient (Wildman–Crippen LogP) is 5.62. The fourth-order valence-electron chi connectivity index (χ4n) is 1.83. The summed E-state index contributed by atoms with van der Waals surface area (Å²) < 4.78 is 16.1. The number of nitrogens with one attached hydrogen (secondary N) is 1. The highest BCUT2D eigenvalue weighted by Crippen LogP contribution is 2.53. The summed E-state index contributed by atoms with van der Waals surface area (Å²) in [7, 11) is -2.24. The van der Waals surface area contributed by atoms with Crippen LogP contribution in [0.15, 0.2) is 30.3 Å². The Labute approximate surface area is 144 Å². The van der Waals surface area contributed by atoms with Crippen molar-refractivity contribution in [3.8, 4) is 0 Å². The van der Waals surface area contributed by atoms with Crippen LogP contribution in [0.3, 0.4) is 0 Å². The maximum absolute atomic E-state index is 12.9. The van der Waals surface area contributed by atoms with Gasteiger partial charge in [0.25, 0.3) is 0 Å². The quantitative estimate of drug-likeness (QED) is 0.736. The number of hydrogen-bond acceptors (Lipinski definition) is 1. The molecule has 0 bridgehead atoms. The zero-order valence-electron chi connectivity index (χ0n) is 15.8. The Morgan fingerprint density at radius 2 is 1.55 bits per heavy atom. The Bertz CT molecular complexity index is 472. The van der Waals surface area contributed by atoms with Gasteiger partial charge in [0.15, 0.2) is 0 Å². The molecule has 2 nitrogen and oxygen atoms in total. The third kappa shape index (κ3) is 5.10. The van der Waals surface area contributed by atoms with Gasteiger partial charge >= 0.3 is 0 Å². The van der Waals surface area contributed by atoms with Gasteiger partial charge < -0.3 is 0 Å². The van der Waals surface area contributed by atoms with E-state index < -0.39 is 25.9 Å². The van der Waals surface area contributed by atoms with Gasteiger partial charge in [-0.2, -0.15) is 14.3 Å². The Morgan fingerprint density at radius 1 is 1.09 bits per heavy atom. The van der Waals surface area contributed by atoms with Crippen LogP contribution in [0.5, 0.6) is 0 Å². The molecule has 0 aliphatic rings. The van der Waals surface area contributed by atoms with E-state index in [-0.39, 0.29) is 6.17 Å². The van der Waals surface area contributed by atoms with Crippen LogP contribution in [0.25, 0.3) is 0 Å². The summed E-state index contributed by atoms with van der Waals surface area (Å²) in [4.78, 5) is 0. The summed E-state index contributed by atoms with van der Waals surface area (Å²) in [6, 6.07) is 10.1. The van der Waals surface area contributed by atoms with Crippen molar-refractivity contribution in [2.24, 2.45) is 0 Å². The van der Waals surface area contributed by atoms with E-state index in [0.717, 1.165) is 11.3 Å². The highest BCUT2D eigenvalue weighted by Gasteiger charge is 2.37. The van der Waals surface area contributed by atoms with Gasteiger partial charge in [0.05, 0.1) is 4.75 Å². The zero-order valence-corrected chi connectivity index (χ0v) is 17.5. The minimum Gasteiger partial charge on any atom is -0.241 e. The SMILES string of the molecule is CC.CCS(C)(N[S@](=O)C(C)(C)c1ccccc1)C(C)(C)C.[HH]. The van der Waals surface area contributed by atoms with Gasteiger partial charge in [-0.1, -0.05) is 71.9 Å². The molecule has 1 unspecified atom stereocenters. The average Bonchev–Trinajstić information content (AvgIpc) is 2.48. The molecule has 0 saturated heterocycles. The molecule has 1 N–H and O–H groups in total. The highest BCUT2D eigenvalue weighted by atomic mass is 32.3. The molecular formula is C18H37NOS2. The summed E-state index contributed by atoms with van der Waals surface area (Å²) in [5, 5.41) is 0. The first-order valence-electron chi connectivity index (χ1n) is 8.05. The number of rotatable bonds is 5. The molecule has 0 aliphatic carbocycles. The molecule has 0 aromatic heterocycles. The first-order chi connectivity index (χ1) is 10.0. The van der Waals surface area contributed by atoms with Crippen molar-refractivity contribution in [3.05, 3.63) is 35.9 Å². The molecule has 1 rings (SSSR count). The molecule has 1 aromatic carbocycles. The summed E-state index contributed by atoms with van der Waals surface area (Å²) in [5.41, 5.74) is 1.11. The van der Waals surface area contributed by atoms with Crippen LogP contribution in [0.4, 0.5) is 0 Å². The third-order valence-electron chi connectivity index (χ3n) is 4.12. The molecule has 0 aliphatic heterocycles. The minimum atomic E-state index is -1.13. The van der Waals surface area contributed by atoms with Crippen LogP contribution < -0.4 is 4.13 Å². The molecule has 0 saturated carbocycles. The first-order valence-corrected chi connectivity index (χ1v) is 11.4. The van der Waals surface area contributed by atoms with E-state index in [9.17, 15) is 4.21 Å². The summed E-state index contributed by atoms with van der Waals surface area (Å²) in [6.07, 6.45) is 2.24. The zero-order chi connectivity index (χ0) is 17.6. The molecule has 2 atom stereocenters. The molecular weight excluding hydrogens is 310 g/mol. The molecule has 0 fully saturated rings. The van der Waals surface area contributed by atoms with Crippen molar-refractivity contribution < 1.29 is 5.64 Å². The van der Waals surface area contributed by atoms with Crippen molar-refractivity contribution in [2.45, 2.75) is 64.9 Å².